The maximum atomic E-state index is 5.46. The van der Waals surface area contributed by atoms with Crippen LogP contribution in [-0.4, -0.2) is 28.7 Å². The van der Waals surface area contributed by atoms with Crippen LogP contribution in [0.5, 0.6) is 0 Å². The topological polar surface area (TPSA) is 24.8 Å². The molecule has 0 spiro atoms. The van der Waals surface area contributed by atoms with Crippen molar-refractivity contribution in [2.75, 3.05) is 13.1 Å². The van der Waals surface area contributed by atoms with Gasteiger partial charge >= 0.3 is 0 Å². The molecule has 1 fully saturated rings. The number of hydrogen-bond donors (Lipinski definition) is 0. The van der Waals surface area contributed by atoms with Crippen LogP contribution in [0.3, 0.4) is 0 Å². The molecule has 3 nitrogen and oxygen atoms in total. The lowest BCUT2D eigenvalue weighted by Gasteiger charge is -2.18. The predicted molar refractivity (Wildman–Crippen MR) is 75.7 cm³/mol. The van der Waals surface area contributed by atoms with Gasteiger partial charge in [-0.1, -0.05) is 35.5 Å². The van der Waals surface area contributed by atoms with E-state index in [9.17, 15) is 0 Å². The van der Waals surface area contributed by atoms with E-state index >= 15 is 0 Å². The van der Waals surface area contributed by atoms with E-state index in [1.807, 2.05) is 0 Å². The number of oxime groups is 1. The summed E-state index contributed by atoms with van der Waals surface area (Å²) in [6, 6.07) is 10.7. The highest BCUT2D eigenvalue weighted by Crippen LogP contribution is 2.29. The molecule has 0 amide bonds. The van der Waals surface area contributed by atoms with Crippen molar-refractivity contribution in [2.24, 2.45) is 11.1 Å². The second-order valence-corrected chi connectivity index (χ2v) is 6.00. The summed E-state index contributed by atoms with van der Waals surface area (Å²) < 4.78 is 0.953. The molecule has 18 heavy (non-hydrogen) atoms. The van der Waals surface area contributed by atoms with Crippen molar-refractivity contribution in [3.05, 3.63) is 35.9 Å². The molecule has 1 aromatic carbocycles. The molecule has 1 saturated heterocycles. The Balaban J connectivity index is 1.53. The molecule has 0 radical (unpaired) electrons. The zero-order chi connectivity index (χ0) is 12.4. The van der Waals surface area contributed by atoms with Crippen molar-refractivity contribution in [1.82, 2.24) is 4.90 Å². The average molecular weight is 309 g/mol. The van der Waals surface area contributed by atoms with Crippen molar-refractivity contribution in [1.29, 1.82) is 0 Å². The van der Waals surface area contributed by atoms with Crippen LogP contribution in [0.25, 0.3) is 0 Å². The first-order chi connectivity index (χ1) is 8.81. The number of halogens is 1. The van der Waals surface area contributed by atoms with Gasteiger partial charge in [-0.3, -0.25) is 4.90 Å². The molecule has 0 saturated carbocycles. The van der Waals surface area contributed by atoms with Gasteiger partial charge in [0.15, 0.2) is 0 Å². The lowest BCUT2D eigenvalue weighted by Crippen LogP contribution is -2.25. The third kappa shape index (κ3) is 2.75. The van der Waals surface area contributed by atoms with E-state index in [1.165, 1.54) is 12.0 Å². The summed E-state index contributed by atoms with van der Waals surface area (Å²) in [6.07, 6.45) is 2.43. The molecule has 2 heterocycles. The summed E-state index contributed by atoms with van der Waals surface area (Å²) in [5.41, 5.74) is 1.39. The summed E-state index contributed by atoms with van der Waals surface area (Å²) >= 11 is 3.41. The third-order valence-corrected chi connectivity index (χ3v) is 4.21. The minimum atomic E-state index is 0.278. The fraction of sp³-hybridized carbons (Fsp3) is 0.500. The zero-order valence-electron chi connectivity index (χ0n) is 10.3. The lowest BCUT2D eigenvalue weighted by molar-refractivity contribution is 0.0428. The van der Waals surface area contributed by atoms with Crippen molar-refractivity contribution < 1.29 is 4.84 Å². The van der Waals surface area contributed by atoms with Gasteiger partial charge in [-0.15, -0.1) is 0 Å². The fourth-order valence-electron chi connectivity index (χ4n) is 2.77. The zero-order valence-corrected chi connectivity index (χ0v) is 11.8. The molecule has 0 aliphatic carbocycles. The maximum absolute atomic E-state index is 5.46. The number of likely N-dealkylation sites (tertiary alicyclic amines) is 1. The smallest absolute Gasteiger partial charge is 0.137 e. The predicted octanol–water partition coefficient (Wildman–Crippen LogP) is 3.01. The molecule has 2 atom stereocenters. The standard InChI is InChI=1S/C14H17BrN2O/c15-14-8-13(18-16-14)12-6-7-17(10-12)9-11-4-2-1-3-5-11/h1-5,12-13H,6-10H2/t12-,13-/m1/s1. The lowest BCUT2D eigenvalue weighted by atomic mass is 10.00. The summed E-state index contributed by atoms with van der Waals surface area (Å²) in [6.45, 7) is 3.33. The number of hydrogen-bond acceptors (Lipinski definition) is 3. The Morgan fingerprint density at radius 2 is 2.17 bits per heavy atom. The molecule has 3 rings (SSSR count). The van der Waals surface area contributed by atoms with Gasteiger partial charge in [0, 0.05) is 25.4 Å². The van der Waals surface area contributed by atoms with E-state index < -0.39 is 0 Å². The van der Waals surface area contributed by atoms with Crippen LogP contribution in [0.15, 0.2) is 35.5 Å². The summed E-state index contributed by atoms with van der Waals surface area (Å²) in [5, 5.41) is 3.99. The Kier molecular flexibility index (Phi) is 3.66. The number of nitrogens with zero attached hydrogens (tertiary/aromatic N) is 2. The van der Waals surface area contributed by atoms with Gasteiger partial charge in [-0.2, -0.15) is 0 Å². The molecule has 96 valence electrons. The highest BCUT2D eigenvalue weighted by atomic mass is 79.9. The Morgan fingerprint density at radius 1 is 1.33 bits per heavy atom. The van der Waals surface area contributed by atoms with Crippen LogP contribution in [0.4, 0.5) is 0 Å². The monoisotopic (exact) mass is 308 g/mol. The second-order valence-electron chi connectivity index (χ2n) is 5.09. The number of rotatable bonds is 3. The molecule has 4 heteroatoms. The van der Waals surface area contributed by atoms with Crippen LogP contribution in [0, 0.1) is 5.92 Å². The first kappa shape index (κ1) is 12.2. The normalized spacial score (nSPS) is 28.2. The van der Waals surface area contributed by atoms with Crippen LogP contribution in [0.2, 0.25) is 0 Å². The van der Waals surface area contributed by atoms with Crippen molar-refractivity contribution in [3.63, 3.8) is 0 Å². The number of benzene rings is 1. The van der Waals surface area contributed by atoms with Crippen LogP contribution >= 0.6 is 15.9 Å². The highest BCUT2D eigenvalue weighted by Gasteiger charge is 2.34. The summed E-state index contributed by atoms with van der Waals surface area (Å²) in [4.78, 5) is 7.97. The maximum Gasteiger partial charge on any atom is 0.137 e. The Hall–Kier alpha value is -0.870. The molecule has 0 aromatic heterocycles. The summed E-state index contributed by atoms with van der Waals surface area (Å²) in [7, 11) is 0. The first-order valence-corrected chi connectivity index (χ1v) is 7.25. The molecule has 0 N–H and O–H groups in total. The summed E-state index contributed by atoms with van der Waals surface area (Å²) in [5.74, 6) is 0.618. The quantitative estimate of drug-likeness (QED) is 0.857. The molecular weight excluding hydrogens is 292 g/mol. The molecule has 0 bridgehead atoms. The van der Waals surface area contributed by atoms with Gasteiger partial charge < -0.3 is 4.84 Å². The van der Waals surface area contributed by atoms with E-state index in [0.29, 0.717) is 5.92 Å². The van der Waals surface area contributed by atoms with Crippen LogP contribution in [-0.2, 0) is 11.4 Å². The van der Waals surface area contributed by atoms with Gasteiger partial charge in [0.1, 0.15) is 10.7 Å². The SMILES string of the molecule is BrC1=NO[C@@H]([C@@H]2CCN(Cc3ccccc3)C2)C1. The minimum absolute atomic E-state index is 0.278. The van der Waals surface area contributed by atoms with Crippen LogP contribution < -0.4 is 0 Å². The van der Waals surface area contributed by atoms with E-state index in [2.05, 4.69) is 56.3 Å². The Morgan fingerprint density at radius 3 is 2.89 bits per heavy atom. The minimum Gasteiger partial charge on any atom is -0.391 e. The highest BCUT2D eigenvalue weighted by molar-refractivity contribution is 9.18. The Labute approximate surface area is 116 Å². The average Bonchev–Trinajstić information content (AvgIpc) is 2.99. The molecule has 2 aliphatic rings. The molecule has 1 aromatic rings. The van der Waals surface area contributed by atoms with E-state index in [-0.39, 0.29) is 6.10 Å². The molecule has 2 aliphatic heterocycles. The van der Waals surface area contributed by atoms with Crippen molar-refractivity contribution in [2.45, 2.75) is 25.5 Å². The van der Waals surface area contributed by atoms with Gasteiger partial charge in [0.05, 0.1) is 0 Å². The van der Waals surface area contributed by atoms with E-state index in [1.54, 1.807) is 0 Å². The van der Waals surface area contributed by atoms with E-state index in [0.717, 1.165) is 30.7 Å². The van der Waals surface area contributed by atoms with E-state index in [4.69, 9.17) is 4.84 Å². The van der Waals surface area contributed by atoms with Gasteiger partial charge in [0.2, 0.25) is 0 Å². The third-order valence-electron chi connectivity index (χ3n) is 3.74. The first-order valence-electron chi connectivity index (χ1n) is 6.46. The van der Waals surface area contributed by atoms with Crippen molar-refractivity contribution >= 4 is 20.6 Å². The molecule has 0 unspecified atom stereocenters. The van der Waals surface area contributed by atoms with Gasteiger partial charge in [-0.25, -0.2) is 0 Å². The Bertz CT molecular complexity index is 435. The largest absolute Gasteiger partial charge is 0.391 e. The fourth-order valence-corrected chi connectivity index (χ4v) is 3.17. The van der Waals surface area contributed by atoms with Gasteiger partial charge in [0.25, 0.3) is 0 Å². The molecular formula is C14H17BrN2O. The van der Waals surface area contributed by atoms with Crippen molar-refractivity contribution in [3.8, 4) is 0 Å². The van der Waals surface area contributed by atoms with Gasteiger partial charge in [-0.05, 0) is 34.5 Å². The second kappa shape index (κ2) is 5.41. The van der Waals surface area contributed by atoms with Crippen LogP contribution in [0.1, 0.15) is 18.4 Å².